The molecule has 28 heavy (non-hydrogen) atoms. The van der Waals surface area contributed by atoms with Crippen LogP contribution in [0.25, 0.3) is 0 Å². The average molecular weight is 387 g/mol. The van der Waals surface area contributed by atoms with Gasteiger partial charge in [-0.2, -0.15) is 0 Å². The summed E-state index contributed by atoms with van der Waals surface area (Å²) in [6.45, 7) is 7.90. The summed E-state index contributed by atoms with van der Waals surface area (Å²) in [5, 5.41) is 16.6. The highest BCUT2D eigenvalue weighted by Crippen LogP contribution is 2.64. The molecule has 154 valence electrons. The van der Waals surface area contributed by atoms with Crippen molar-refractivity contribution in [2.24, 2.45) is 34.5 Å². The Balaban J connectivity index is 1.71. The van der Waals surface area contributed by atoms with Crippen LogP contribution in [0.2, 0.25) is 0 Å². The molecule has 0 aromatic carbocycles. The fourth-order valence-corrected chi connectivity index (χ4v) is 7.36. The summed E-state index contributed by atoms with van der Waals surface area (Å²) in [6.07, 6.45) is 11.2. The number of amides is 2. The van der Waals surface area contributed by atoms with Crippen molar-refractivity contribution in [2.75, 3.05) is 0 Å². The standard InChI is InChI=1S/C23H34N2O3/c1-13(26)24-19-12-15-11-16(28)7-9-22(15,3)18-8-10-23(4)17(21(18)19)5-6-20(23)25-14(2)27/h7,9,11,15,17-21,28H,5-6,8,10,12H2,1-4H3,(H,24,26)(H,25,27)/t15-,17-,18-,19-,20-,21-,22-,23-/m0/s1. The molecular weight excluding hydrogens is 352 g/mol. The molecule has 0 aromatic rings. The predicted octanol–water partition coefficient (Wildman–Crippen LogP) is 3.48. The molecule has 3 N–H and O–H groups in total. The van der Waals surface area contributed by atoms with E-state index < -0.39 is 0 Å². The molecule has 0 bridgehead atoms. The lowest BCUT2D eigenvalue weighted by atomic mass is 9.45. The van der Waals surface area contributed by atoms with Crippen LogP contribution in [0.15, 0.2) is 24.0 Å². The van der Waals surface area contributed by atoms with E-state index in [4.69, 9.17) is 0 Å². The summed E-state index contributed by atoms with van der Waals surface area (Å²) in [5.41, 5.74) is 0.0996. The Hall–Kier alpha value is -1.78. The van der Waals surface area contributed by atoms with Crippen LogP contribution in [-0.2, 0) is 9.59 Å². The summed E-state index contributed by atoms with van der Waals surface area (Å²) < 4.78 is 0. The van der Waals surface area contributed by atoms with E-state index in [2.05, 4.69) is 30.6 Å². The number of hydrogen-bond acceptors (Lipinski definition) is 3. The first-order valence-electron chi connectivity index (χ1n) is 10.8. The van der Waals surface area contributed by atoms with Gasteiger partial charge in [0, 0.05) is 25.9 Å². The maximum atomic E-state index is 12.0. The maximum Gasteiger partial charge on any atom is 0.217 e. The molecule has 8 atom stereocenters. The van der Waals surface area contributed by atoms with Gasteiger partial charge in [-0.15, -0.1) is 0 Å². The molecule has 3 saturated carbocycles. The number of aliphatic hydroxyl groups is 1. The van der Waals surface area contributed by atoms with E-state index in [0.29, 0.717) is 23.5 Å². The normalized spacial score (nSPS) is 46.6. The zero-order valence-corrected chi connectivity index (χ0v) is 17.5. The van der Waals surface area contributed by atoms with Crippen LogP contribution in [0.5, 0.6) is 0 Å². The summed E-state index contributed by atoms with van der Waals surface area (Å²) in [6, 6.07) is 0.349. The SMILES string of the molecule is CC(=O)N[C@H]1C[C@@H]2C=C(O)C=C[C@]2(C)[C@H]2CC[C@]3(C)[C@@H](NC(C)=O)CC[C@H]3[C@H]12. The van der Waals surface area contributed by atoms with Crippen LogP contribution < -0.4 is 10.6 Å². The van der Waals surface area contributed by atoms with Crippen molar-refractivity contribution in [1.82, 2.24) is 10.6 Å². The van der Waals surface area contributed by atoms with Gasteiger partial charge in [-0.05, 0) is 78.8 Å². The van der Waals surface area contributed by atoms with Gasteiger partial charge in [0.2, 0.25) is 11.8 Å². The summed E-state index contributed by atoms with van der Waals surface area (Å²) in [7, 11) is 0. The third-order valence-corrected chi connectivity index (χ3v) is 8.65. The van der Waals surface area contributed by atoms with E-state index in [0.717, 1.165) is 32.1 Å². The quantitative estimate of drug-likeness (QED) is 0.680. The maximum absolute atomic E-state index is 12.0. The van der Waals surface area contributed by atoms with Gasteiger partial charge < -0.3 is 15.7 Å². The first-order valence-corrected chi connectivity index (χ1v) is 10.8. The lowest BCUT2D eigenvalue weighted by molar-refractivity contribution is -0.125. The summed E-state index contributed by atoms with van der Waals surface area (Å²) in [4.78, 5) is 23.8. The fourth-order valence-electron chi connectivity index (χ4n) is 7.36. The Morgan fingerprint density at radius 3 is 2.46 bits per heavy atom. The van der Waals surface area contributed by atoms with Gasteiger partial charge >= 0.3 is 0 Å². The first-order chi connectivity index (χ1) is 13.1. The number of nitrogens with one attached hydrogen (secondary N) is 2. The van der Waals surface area contributed by atoms with Crippen molar-refractivity contribution in [2.45, 2.75) is 71.9 Å². The number of carbonyl (C=O) groups excluding carboxylic acids is 2. The molecule has 4 rings (SSSR count). The highest BCUT2D eigenvalue weighted by molar-refractivity contribution is 5.73. The van der Waals surface area contributed by atoms with Crippen molar-refractivity contribution in [3.63, 3.8) is 0 Å². The number of rotatable bonds is 2. The number of fused-ring (bicyclic) bond motifs is 5. The van der Waals surface area contributed by atoms with E-state index in [1.54, 1.807) is 13.8 Å². The molecule has 0 aliphatic heterocycles. The third kappa shape index (κ3) is 2.89. The molecule has 4 aliphatic carbocycles. The number of aliphatic hydroxyl groups excluding tert-OH is 1. The Labute approximate surface area is 168 Å². The smallest absolute Gasteiger partial charge is 0.217 e. The molecule has 0 unspecified atom stereocenters. The van der Waals surface area contributed by atoms with Gasteiger partial charge in [-0.3, -0.25) is 9.59 Å². The lowest BCUT2D eigenvalue weighted by Crippen LogP contribution is -2.61. The van der Waals surface area contributed by atoms with E-state index in [9.17, 15) is 14.7 Å². The van der Waals surface area contributed by atoms with Crippen molar-refractivity contribution < 1.29 is 14.7 Å². The number of carbonyl (C=O) groups is 2. The molecule has 4 aliphatic rings. The van der Waals surface area contributed by atoms with Gasteiger partial charge in [0.25, 0.3) is 0 Å². The van der Waals surface area contributed by atoms with Crippen LogP contribution in [0.3, 0.4) is 0 Å². The van der Waals surface area contributed by atoms with Crippen LogP contribution in [0, 0.1) is 34.5 Å². The third-order valence-electron chi connectivity index (χ3n) is 8.65. The Morgan fingerprint density at radius 1 is 1.07 bits per heavy atom. The second kappa shape index (κ2) is 6.64. The first kappa shape index (κ1) is 19.5. The molecule has 3 fully saturated rings. The average Bonchev–Trinajstić information content (AvgIpc) is 2.92. The van der Waals surface area contributed by atoms with Crippen LogP contribution >= 0.6 is 0 Å². The second-order valence-corrected chi connectivity index (χ2v) is 10.1. The second-order valence-electron chi connectivity index (χ2n) is 10.1. The monoisotopic (exact) mass is 386 g/mol. The minimum absolute atomic E-state index is 0.0132. The molecular formula is C23H34N2O3. The van der Waals surface area contributed by atoms with Crippen LogP contribution in [0.1, 0.15) is 59.8 Å². The van der Waals surface area contributed by atoms with Gasteiger partial charge in [-0.1, -0.05) is 19.9 Å². The lowest BCUT2D eigenvalue weighted by Gasteiger charge is -2.60. The van der Waals surface area contributed by atoms with Crippen molar-refractivity contribution in [3.8, 4) is 0 Å². The minimum atomic E-state index is 0.0132. The molecule has 5 nitrogen and oxygen atoms in total. The van der Waals surface area contributed by atoms with Crippen molar-refractivity contribution in [1.29, 1.82) is 0 Å². The van der Waals surface area contributed by atoms with Gasteiger partial charge in [0.15, 0.2) is 0 Å². The topological polar surface area (TPSA) is 78.4 Å². The van der Waals surface area contributed by atoms with Crippen molar-refractivity contribution >= 4 is 11.8 Å². The molecule has 0 saturated heterocycles. The van der Waals surface area contributed by atoms with Gasteiger partial charge in [-0.25, -0.2) is 0 Å². The van der Waals surface area contributed by atoms with E-state index in [-0.39, 0.29) is 40.6 Å². The van der Waals surface area contributed by atoms with Crippen molar-refractivity contribution in [3.05, 3.63) is 24.0 Å². The number of allylic oxidation sites excluding steroid dienone is 3. The molecule has 5 heteroatoms. The van der Waals surface area contributed by atoms with Crippen LogP contribution in [0.4, 0.5) is 0 Å². The van der Waals surface area contributed by atoms with E-state index >= 15 is 0 Å². The number of hydrogen-bond donors (Lipinski definition) is 3. The molecule has 0 aromatic heterocycles. The molecule has 2 amide bonds. The van der Waals surface area contributed by atoms with E-state index in [1.165, 1.54) is 0 Å². The summed E-state index contributed by atoms with van der Waals surface area (Å²) in [5.74, 6) is 2.03. The molecule has 0 heterocycles. The Bertz CT molecular complexity index is 744. The van der Waals surface area contributed by atoms with Gasteiger partial charge in [0.1, 0.15) is 5.76 Å². The zero-order chi connectivity index (χ0) is 20.3. The Kier molecular flexibility index (Phi) is 4.63. The summed E-state index contributed by atoms with van der Waals surface area (Å²) >= 11 is 0. The molecule has 0 radical (unpaired) electrons. The minimum Gasteiger partial charge on any atom is -0.508 e. The van der Waals surface area contributed by atoms with Crippen LogP contribution in [-0.4, -0.2) is 29.0 Å². The largest absolute Gasteiger partial charge is 0.508 e. The van der Waals surface area contributed by atoms with E-state index in [1.807, 2.05) is 12.2 Å². The highest BCUT2D eigenvalue weighted by Gasteiger charge is 2.62. The Morgan fingerprint density at radius 2 is 1.79 bits per heavy atom. The molecule has 0 spiro atoms. The highest BCUT2D eigenvalue weighted by atomic mass is 16.3. The van der Waals surface area contributed by atoms with Gasteiger partial charge in [0.05, 0.1) is 0 Å². The fraction of sp³-hybridized carbons (Fsp3) is 0.739. The predicted molar refractivity (Wildman–Crippen MR) is 108 cm³/mol. The zero-order valence-electron chi connectivity index (χ0n) is 17.5.